The Bertz CT molecular complexity index is 325. The highest BCUT2D eigenvalue weighted by Gasteiger charge is 2.31. The summed E-state index contributed by atoms with van der Waals surface area (Å²) in [6.07, 6.45) is 17.1. The Hall–Kier alpha value is -1.12. The first-order chi connectivity index (χ1) is 9.62. The number of rotatable bonds is 10. The summed E-state index contributed by atoms with van der Waals surface area (Å²) in [7, 11) is 0. The maximum Gasteiger partial charge on any atom is 0.217 e. The molecule has 0 amide bonds. The van der Waals surface area contributed by atoms with Gasteiger partial charge in [-0.25, -0.2) is 5.06 Å². The van der Waals surface area contributed by atoms with Crippen molar-refractivity contribution in [2.24, 2.45) is 5.73 Å². The van der Waals surface area contributed by atoms with E-state index in [1.807, 2.05) is 17.3 Å². The zero-order chi connectivity index (χ0) is 14.8. The highest BCUT2D eigenvalue weighted by atomic mass is 16.7. The van der Waals surface area contributed by atoms with Gasteiger partial charge in [0.25, 0.3) is 0 Å². The van der Waals surface area contributed by atoms with Gasteiger partial charge in [0.15, 0.2) is 0 Å². The Balaban J connectivity index is 2.57. The molecule has 2 N–H and O–H groups in total. The van der Waals surface area contributed by atoms with Crippen LogP contribution in [0.3, 0.4) is 0 Å². The fourth-order valence-electron chi connectivity index (χ4n) is 2.71. The van der Waals surface area contributed by atoms with Crippen LogP contribution in [0.15, 0.2) is 24.2 Å². The quantitative estimate of drug-likeness (QED) is 0.581. The lowest BCUT2D eigenvalue weighted by Crippen LogP contribution is -2.44. The van der Waals surface area contributed by atoms with E-state index in [9.17, 15) is 0 Å². The van der Waals surface area contributed by atoms with Gasteiger partial charge in [0.05, 0.1) is 5.54 Å². The topological polar surface area (TPSA) is 38.5 Å². The minimum atomic E-state index is 0.0539. The summed E-state index contributed by atoms with van der Waals surface area (Å²) in [5.74, 6) is 0.489. The summed E-state index contributed by atoms with van der Waals surface area (Å²) in [5.41, 5.74) is 5.85. The smallest absolute Gasteiger partial charge is 0.217 e. The Kier molecular flexibility index (Phi) is 7.56. The van der Waals surface area contributed by atoms with E-state index in [0.717, 1.165) is 12.8 Å². The molecule has 0 aromatic heterocycles. The van der Waals surface area contributed by atoms with Crippen LogP contribution in [0.25, 0.3) is 0 Å². The summed E-state index contributed by atoms with van der Waals surface area (Å²) in [6, 6.07) is 0. The Morgan fingerprint density at radius 1 is 1.05 bits per heavy atom. The van der Waals surface area contributed by atoms with Gasteiger partial charge in [0.1, 0.15) is 0 Å². The first-order valence-electron chi connectivity index (χ1n) is 8.23. The van der Waals surface area contributed by atoms with Crippen molar-refractivity contribution in [2.75, 3.05) is 0 Å². The van der Waals surface area contributed by atoms with E-state index >= 15 is 0 Å². The first kappa shape index (κ1) is 16.9. The van der Waals surface area contributed by atoms with Crippen molar-refractivity contribution in [3.63, 3.8) is 0 Å². The van der Waals surface area contributed by atoms with Crippen LogP contribution < -0.4 is 5.73 Å². The normalized spacial score (nSPS) is 17.6. The van der Waals surface area contributed by atoms with Crippen molar-refractivity contribution < 1.29 is 4.84 Å². The van der Waals surface area contributed by atoms with Crippen LogP contribution in [0.2, 0.25) is 0 Å². The molecule has 3 nitrogen and oxygen atoms in total. The van der Waals surface area contributed by atoms with Gasteiger partial charge < -0.3 is 10.6 Å². The molecule has 0 aromatic carbocycles. The Morgan fingerprint density at radius 2 is 1.65 bits per heavy atom. The zero-order valence-electron chi connectivity index (χ0n) is 13.5. The number of allylic oxidation sites excluding steroid dienone is 2. The van der Waals surface area contributed by atoms with Gasteiger partial charge in [0.2, 0.25) is 5.88 Å². The third kappa shape index (κ3) is 5.48. The van der Waals surface area contributed by atoms with Crippen LogP contribution >= 0.6 is 0 Å². The monoisotopic (exact) mass is 280 g/mol. The molecule has 0 saturated heterocycles. The molecule has 1 unspecified atom stereocenters. The van der Waals surface area contributed by atoms with E-state index < -0.39 is 0 Å². The van der Waals surface area contributed by atoms with Gasteiger partial charge >= 0.3 is 0 Å². The van der Waals surface area contributed by atoms with Gasteiger partial charge in [0, 0.05) is 12.3 Å². The van der Waals surface area contributed by atoms with Gasteiger partial charge in [-0.3, -0.25) is 0 Å². The van der Waals surface area contributed by atoms with E-state index in [2.05, 4.69) is 20.8 Å². The molecule has 20 heavy (non-hydrogen) atoms. The van der Waals surface area contributed by atoms with Gasteiger partial charge in [-0.1, -0.05) is 58.8 Å². The molecule has 0 radical (unpaired) electrons. The van der Waals surface area contributed by atoms with Crippen LogP contribution in [-0.2, 0) is 4.84 Å². The number of hydrogen-bond donors (Lipinski definition) is 1. The molecule has 0 fully saturated rings. The number of hydrogen-bond acceptors (Lipinski definition) is 3. The number of unbranched alkanes of at least 4 members (excludes halogenated alkanes) is 5. The lowest BCUT2D eigenvalue weighted by Gasteiger charge is -2.40. The molecule has 1 aliphatic rings. The third-order valence-corrected chi connectivity index (χ3v) is 4.11. The van der Waals surface area contributed by atoms with Gasteiger partial charge in [-0.05, 0) is 25.8 Å². The standard InChI is InChI=1S/C17H32N2O/c1-4-6-8-10-14-17(3,13-9-7-5-2)19-15-11-12-16(18)20-19/h11-12,15H,4-10,13-14,18H2,1-3H3. The van der Waals surface area contributed by atoms with Crippen molar-refractivity contribution in [1.82, 2.24) is 5.06 Å². The summed E-state index contributed by atoms with van der Waals surface area (Å²) in [4.78, 5) is 5.72. The van der Waals surface area contributed by atoms with Crippen LogP contribution in [0, 0.1) is 0 Å². The van der Waals surface area contributed by atoms with Crippen molar-refractivity contribution >= 4 is 0 Å². The molecule has 0 spiro atoms. The SMILES string of the molecule is CCCCCCC(C)(CCCCC)N1C=CC=C(N)O1. The van der Waals surface area contributed by atoms with Crippen molar-refractivity contribution in [3.05, 3.63) is 24.2 Å². The summed E-state index contributed by atoms with van der Waals surface area (Å²) >= 11 is 0. The average Bonchev–Trinajstić information content (AvgIpc) is 2.44. The Morgan fingerprint density at radius 3 is 2.25 bits per heavy atom. The van der Waals surface area contributed by atoms with E-state index in [1.165, 1.54) is 44.9 Å². The van der Waals surface area contributed by atoms with E-state index in [0.29, 0.717) is 5.88 Å². The number of hydroxylamine groups is 2. The average molecular weight is 280 g/mol. The molecule has 1 rings (SSSR count). The maximum atomic E-state index is 5.80. The second-order valence-electron chi connectivity index (χ2n) is 6.09. The Labute approximate surface area is 124 Å². The summed E-state index contributed by atoms with van der Waals surface area (Å²) < 4.78 is 0. The molecule has 0 aromatic rings. The van der Waals surface area contributed by atoms with Crippen LogP contribution in [0.4, 0.5) is 0 Å². The van der Waals surface area contributed by atoms with Gasteiger partial charge in [-0.15, -0.1) is 0 Å². The molecule has 0 aliphatic carbocycles. The largest absolute Gasteiger partial charge is 0.368 e. The number of nitrogens with zero attached hydrogens (tertiary/aromatic N) is 1. The van der Waals surface area contributed by atoms with Crippen LogP contribution in [-0.4, -0.2) is 10.6 Å². The molecule has 1 atom stereocenters. The van der Waals surface area contributed by atoms with E-state index in [-0.39, 0.29) is 5.54 Å². The van der Waals surface area contributed by atoms with Crippen molar-refractivity contribution in [1.29, 1.82) is 0 Å². The second kappa shape index (κ2) is 8.93. The maximum absolute atomic E-state index is 5.80. The van der Waals surface area contributed by atoms with E-state index in [4.69, 9.17) is 10.6 Å². The molecular formula is C17H32N2O. The van der Waals surface area contributed by atoms with Gasteiger partial charge in [-0.2, -0.15) is 0 Å². The predicted molar refractivity (Wildman–Crippen MR) is 85.6 cm³/mol. The van der Waals surface area contributed by atoms with Crippen molar-refractivity contribution in [2.45, 2.75) is 84.1 Å². The lowest BCUT2D eigenvalue weighted by molar-refractivity contribution is -0.158. The highest BCUT2D eigenvalue weighted by Crippen LogP contribution is 2.31. The summed E-state index contributed by atoms with van der Waals surface area (Å²) in [5, 5.41) is 1.98. The molecule has 1 heterocycles. The fourth-order valence-corrected chi connectivity index (χ4v) is 2.71. The molecule has 0 bridgehead atoms. The number of nitrogens with two attached hydrogens (primary N) is 1. The molecule has 0 saturated carbocycles. The zero-order valence-corrected chi connectivity index (χ0v) is 13.5. The molecule has 116 valence electrons. The van der Waals surface area contributed by atoms with Crippen molar-refractivity contribution in [3.8, 4) is 0 Å². The molecule has 3 heteroatoms. The van der Waals surface area contributed by atoms with Crippen LogP contribution in [0.5, 0.6) is 0 Å². The fraction of sp³-hybridized carbons (Fsp3) is 0.765. The second-order valence-corrected chi connectivity index (χ2v) is 6.09. The molecular weight excluding hydrogens is 248 g/mol. The minimum Gasteiger partial charge on any atom is -0.368 e. The minimum absolute atomic E-state index is 0.0539. The van der Waals surface area contributed by atoms with Crippen LogP contribution in [0.1, 0.15) is 78.6 Å². The van der Waals surface area contributed by atoms with E-state index in [1.54, 1.807) is 6.08 Å². The predicted octanol–water partition coefficient (Wildman–Crippen LogP) is 4.86. The first-order valence-corrected chi connectivity index (χ1v) is 8.23. The highest BCUT2D eigenvalue weighted by molar-refractivity contribution is 5.09. The molecule has 1 aliphatic heterocycles. The lowest BCUT2D eigenvalue weighted by atomic mass is 9.88. The third-order valence-electron chi connectivity index (χ3n) is 4.11. The summed E-state index contributed by atoms with van der Waals surface area (Å²) in [6.45, 7) is 6.80.